The van der Waals surface area contributed by atoms with Crippen molar-refractivity contribution in [3.05, 3.63) is 34.2 Å². The summed E-state index contributed by atoms with van der Waals surface area (Å²) in [5.74, 6) is -0.0665. The van der Waals surface area contributed by atoms with Crippen molar-refractivity contribution in [1.82, 2.24) is 0 Å². The van der Waals surface area contributed by atoms with E-state index in [1.807, 2.05) is 0 Å². The molecule has 1 aromatic carbocycles. The van der Waals surface area contributed by atoms with Crippen molar-refractivity contribution in [2.45, 2.75) is 57.9 Å². The van der Waals surface area contributed by atoms with Gasteiger partial charge >= 0.3 is 5.63 Å². The zero-order valence-electron chi connectivity index (χ0n) is 18.4. The molecule has 1 aliphatic heterocycles. The van der Waals surface area contributed by atoms with E-state index in [9.17, 15) is 19.8 Å². The van der Waals surface area contributed by atoms with Gasteiger partial charge in [-0.25, -0.2) is 4.79 Å². The van der Waals surface area contributed by atoms with Gasteiger partial charge in [0.05, 0.1) is 5.60 Å². The van der Waals surface area contributed by atoms with E-state index in [1.54, 1.807) is 32.9 Å². The number of nitrogens with one attached hydrogen (secondary N) is 1. The number of benzene rings is 1. The first-order valence-corrected chi connectivity index (χ1v) is 9.13. The number of hydrogen-bond acceptors (Lipinski definition) is 8. The molecule has 9 nitrogen and oxygen atoms in total. The molecule has 3 rings (SSSR count). The fourth-order valence-corrected chi connectivity index (χ4v) is 3.54. The second kappa shape index (κ2) is 11.6. The van der Waals surface area contributed by atoms with E-state index in [0.717, 1.165) is 0 Å². The summed E-state index contributed by atoms with van der Waals surface area (Å²) in [5.41, 5.74) is -0.781. The maximum absolute atomic E-state index is 12.1. The van der Waals surface area contributed by atoms with Gasteiger partial charge in [-0.15, -0.1) is 0 Å². The number of aliphatic hydroxyl groups is 2. The van der Waals surface area contributed by atoms with Crippen LogP contribution >= 0.6 is 0 Å². The SMILES string of the molecule is CO[C@@H]1[C@H](O)C(O)[C@H](Oc2ccc3cc(NC(C)=O)c(=O)oc3c2C)OC1(C)C.[K].[U]. The van der Waals surface area contributed by atoms with Crippen molar-refractivity contribution in [2.24, 2.45) is 0 Å². The summed E-state index contributed by atoms with van der Waals surface area (Å²) in [6.07, 6.45) is -4.46. The minimum atomic E-state index is -1.35. The molecule has 2 heterocycles. The summed E-state index contributed by atoms with van der Waals surface area (Å²) >= 11 is 0. The Hall–Kier alpha value is 0.228. The number of aliphatic hydroxyl groups excluding tert-OH is 2. The van der Waals surface area contributed by atoms with Crippen LogP contribution in [0.4, 0.5) is 5.69 Å². The van der Waals surface area contributed by atoms with Crippen LogP contribution in [0.5, 0.6) is 5.75 Å². The number of amides is 1. The quantitative estimate of drug-likeness (QED) is 0.321. The molecule has 0 bridgehead atoms. The Morgan fingerprint density at radius 1 is 1.23 bits per heavy atom. The van der Waals surface area contributed by atoms with E-state index in [2.05, 4.69) is 5.32 Å². The topological polar surface area (TPSA) is 127 Å². The number of carbonyl (C=O) groups excluding carboxylic acids is 1. The summed E-state index contributed by atoms with van der Waals surface area (Å²) in [7, 11) is 1.43. The first-order chi connectivity index (χ1) is 13.5. The average molecular weight is 685 g/mol. The van der Waals surface area contributed by atoms with E-state index in [-0.39, 0.29) is 99.7 Å². The number of anilines is 1. The van der Waals surface area contributed by atoms with Crippen LogP contribution in [0.2, 0.25) is 0 Å². The van der Waals surface area contributed by atoms with Gasteiger partial charge in [0.2, 0.25) is 12.2 Å². The van der Waals surface area contributed by atoms with E-state index in [1.165, 1.54) is 20.1 Å². The van der Waals surface area contributed by atoms with Crippen molar-refractivity contribution in [1.29, 1.82) is 0 Å². The predicted molar refractivity (Wildman–Crippen MR) is 110 cm³/mol. The Bertz CT molecular complexity index is 995. The van der Waals surface area contributed by atoms with E-state index in [4.69, 9.17) is 18.6 Å². The van der Waals surface area contributed by atoms with Gasteiger partial charge in [0.15, 0.2) is 0 Å². The first-order valence-electron chi connectivity index (χ1n) is 9.13. The normalized spacial score (nSPS) is 24.6. The van der Waals surface area contributed by atoms with Gasteiger partial charge in [0, 0.05) is 107 Å². The number of rotatable bonds is 4. The number of carbonyl (C=O) groups is 1. The molecule has 1 unspecified atom stereocenters. The van der Waals surface area contributed by atoms with Crippen LogP contribution in [0, 0.1) is 38.0 Å². The number of aryl methyl sites for hydroxylation is 1. The molecule has 1 fully saturated rings. The summed E-state index contributed by atoms with van der Waals surface area (Å²) in [5, 5.41) is 23.8. The second-order valence-corrected chi connectivity index (χ2v) is 7.58. The molecule has 0 saturated carbocycles. The molecule has 1 saturated heterocycles. The summed E-state index contributed by atoms with van der Waals surface area (Å²) in [4.78, 5) is 23.4. The van der Waals surface area contributed by atoms with Crippen LogP contribution < -0.4 is 15.7 Å². The van der Waals surface area contributed by atoms with Crippen LogP contribution in [0.3, 0.4) is 0 Å². The molecule has 11 heteroatoms. The van der Waals surface area contributed by atoms with Gasteiger partial charge in [-0.3, -0.25) is 4.79 Å². The minimum Gasteiger partial charge on any atom is -0.462 e. The van der Waals surface area contributed by atoms with Gasteiger partial charge in [0.25, 0.3) is 0 Å². The first kappa shape index (κ1) is 29.3. The van der Waals surface area contributed by atoms with Crippen LogP contribution in [0.1, 0.15) is 26.3 Å². The molecule has 3 N–H and O–H groups in total. The number of fused-ring (bicyclic) bond motifs is 1. The van der Waals surface area contributed by atoms with Crippen molar-refractivity contribution in [3.63, 3.8) is 0 Å². The smallest absolute Gasteiger partial charge is 0.360 e. The zero-order valence-corrected chi connectivity index (χ0v) is 25.7. The predicted octanol–water partition coefficient (Wildman–Crippen LogP) is 0.930. The Morgan fingerprint density at radius 3 is 2.45 bits per heavy atom. The van der Waals surface area contributed by atoms with Crippen LogP contribution in [0.15, 0.2) is 27.4 Å². The van der Waals surface area contributed by atoms with Crippen LogP contribution in [-0.4, -0.2) is 105 Å². The van der Waals surface area contributed by atoms with Crippen molar-refractivity contribution in [2.75, 3.05) is 12.4 Å². The van der Waals surface area contributed by atoms with Gasteiger partial charge in [-0.05, 0) is 39.0 Å². The Morgan fingerprint density at radius 2 is 1.87 bits per heavy atom. The zero-order chi connectivity index (χ0) is 21.5. The van der Waals surface area contributed by atoms with Crippen molar-refractivity contribution >= 4 is 73.9 Å². The number of ether oxygens (including phenoxy) is 3. The molecule has 4 atom stereocenters. The molecule has 1 radical (unpaired) electrons. The van der Waals surface area contributed by atoms with E-state index >= 15 is 0 Å². The van der Waals surface area contributed by atoms with Crippen molar-refractivity contribution in [3.8, 4) is 5.75 Å². The van der Waals surface area contributed by atoms with E-state index < -0.39 is 35.8 Å². The fourth-order valence-electron chi connectivity index (χ4n) is 3.54. The van der Waals surface area contributed by atoms with Gasteiger partial charge in [-0.2, -0.15) is 0 Å². The standard InChI is InChI=1S/C20H25NO8.K.U/c1-9-13(27-19-15(24)14(23)17(26-5)20(3,4)29-19)7-6-11-8-12(21-10(2)22)18(25)28-16(9)11;;/h6-8,14-15,17,19,23-24H,1-5H3,(H,21,22);;/t14-,15?,17-,19-;;/m1../s1. The fraction of sp³-hybridized carbons (Fsp3) is 0.500. The summed E-state index contributed by atoms with van der Waals surface area (Å²) in [6.45, 7) is 6.43. The third-order valence-corrected chi connectivity index (χ3v) is 4.95. The van der Waals surface area contributed by atoms with Gasteiger partial charge in [-0.1, -0.05) is 0 Å². The Kier molecular flexibility index (Phi) is 10.9. The number of methoxy groups -OCH3 is 1. The molecular formula is C20H25KNO8U. The molecule has 163 valence electrons. The average Bonchev–Trinajstić information content (AvgIpc) is 2.63. The second-order valence-electron chi connectivity index (χ2n) is 7.58. The maximum Gasteiger partial charge on any atom is 0.360 e. The molecule has 2 aromatic rings. The minimum absolute atomic E-state index is 0. The number of hydrogen-bond donors (Lipinski definition) is 3. The van der Waals surface area contributed by atoms with Gasteiger partial charge in [0.1, 0.15) is 35.3 Å². The maximum atomic E-state index is 12.1. The molecule has 1 amide bonds. The molecule has 0 aliphatic carbocycles. The van der Waals surface area contributed by atoms with E-state index in [0.29, 0.717) is 16.7 Å². The third-order valence-electron chi connectivity index (χ3n) is 4.95. The Balaban J connectivity index is 0.00000240. The monoisotopic (exact) mass is 684 g/mol. The van der Waals surface area contributed by atoms with Gasteiger partial charge < -0.3 is 34.2 Å². The molecule has 31 heavy (non-hydrogen) atoms. The molecule has 0 spiro atoms. The molecule has 1 aliphatic rings. The Labute approximate surface area is 246 Å². The van der Waals surface area contributed by atoms with Crippen LogP contribution in [-0.2, 0) is 14.3 Å². The van der Waals surface area contributed by atoms with Crippen LogP contribution in [0.25, 0.3) is 11.0 Å². The summed E-state index contributed by atoms with van der Waals surface area (Å²) < 4.78 is 22.2. The van der Waals surface area contributed by atoms with Crippen molar-refractivity contribution < 1.29 is 64.7 Å². The molecule has 1 aromatic heterocycles. The molecular weight excluding hydrogens is 659 g/mol. The third kappa shape index (κ3) is 6.22. The largest absolute Gasteiger partial charge is 0.462 e. The summed E-state index contributed by atoms with van der Waals surface area (Å²) in [6, 6.07) is 4.80.